The zero-order valence-corrected chi connectivity index (χ0v) is 22.7. The Morgan fingerprint density at radius 2 is 1.92 bits per heavy atom. The molecule has 1 aromatic carbocycles. The molecule has 2 heterocycles. The van der Waals surface area contributed by atoms with Crippen molar-refractivity contribution in [2.45, 2.75) is 50.6 Å². The van der Waals surface area contributed by atoms with Crippen molar-refractivity contribution in [2.75, 3.05) is 38.7 Å². The molecule has 2 atom stereocenters. The predicted octanol–water partition coefficient (Wildman–Crippen LogP) is 4.50. The third-order valence-corrected chi connectivity index (χ3v) is 7.33. The normalized spacial score (nSPS) is 22.2. The molecule has 0 aliphatic carbocycles. The first-order valence-electron chi connectivity index (χ1n) is 12.1. The highest BCUT2D eigenvalue weighted by Gasteiger charge is 2.36. The lowest BCUT2D eigenvalue weighted by Gasteiger charge is -2.38. The molecule has 1 amide bonds. The molecule has 2 aliphatic rings. The van der Waals surface area contributed by atoms with Crippen molar-refractivity contribution < 1.29 is 27.4 Å². The van der Waals surface area contributed by atoms with Crippen molar-refractivity contribution in [1.82, 2.24) is 10.2 Å². The Bertz CT molecular complexity index is 1090. The first-order valence-corrected chi connectivity index (χ1v) is 12.9. The maximum absolute atomic E-state index is 13.4. The minimum Gasteiger partial charge on any atom is -0.380 e. The summed E-state index contributed by atoms with van der Waals surface area (Å²) in [5.74, 6) is -2.28. The number of likely N-dealkylation sites (tertiary alicyclic amines) is 1. The number of nitrogens with two attached hydrogens (primary N) is 1. The zero-order valence-electron chi connectivity index (χ0n) is 21.2. The Hall–Kier alpha value is -2.31. The van der Waals surface area contributed by atoms with Crippen molar-refractivity contribution in [3.05, 3.63) is 51.8 Å². The summed E-state index contributed by atoms with van der Waals surface area (Å²) in [5, 5.41) is 7.12. The molecule has 3 rings (SSSR count). The highest BCUT2D eigenvalue weighted by Crippen LogP contribution is 2.28. The molecule has 2 aliphatic heterocycles. The lowest BCUT2D eigenvalue weighted by Crippen LogP contribution is -2.54. The Labute approximate surface area is 230 Å². The molecule has 13 heteroatoms. The number of benzene rings is 1. The second kappa shape index (κ2) is 13.2. The van der Waals surface area contributed by atoms with Gasteiger partial charge in [0.05, 0.1) is 22.8 Å². The van der Waals surface area contributed by atoms with Gasteiger partial charge in [-0.1, -0.05) is 29.8 Å². The minimum absolute atomic E-state index is 0.0608. The van der Waals surface area contributed by atoms with E-state index in [0.717, 1.165) is 6.42 Å². The molecule has 0 radical (unpaired) electrons. The van der Waals surface area contributed by atoms with E-state index < -0.39 is 23.6 Å². The Morgan fingerprint density at radius 3 is 2.53 bits per heavy atom. The molecule has 1 aromatic rings. The van der Waals surface area contributed by atoms with Gasteiger partial charge in [-0.05, 0) is 44.4 Å². The number of methoxy groups -OCH3 is 1. The van der Waals surface area contributed by atoms with Crippen LogP contribution in [0.5, 0.6) is 0 Å². The summed E-state index contributed by atoms with van der Waals surface area (Å²) in [7, 11) is 1.64. The monoisotopic (exact) mass is 577 g/mol. The number of nitrogens with zero attached hydrogens (tertiary/aromatic N) is 2. The number of halogens is 5. The fourth-order valence-corrected chi connectivity index (χ4v) is 4.60. The molecule has 210 valence electrons. The molecule has 38 heavy (non-hydrogen) atoms. The Balaban J connectivity index is 1.76. The maximum Gasteiger partial charge on any atom is 0.448 e. The highest BCUT2D eigenvalue weighted by molar-refractivity contribution is 6.42. The van der Waals surface area contributed by atoms with Crippen molar-refractivity contribution in [3.63, 3.8) is 0 Å². The molecule has 0 bridgehead atoms. The third kappa shape index (κ3) is 7.86. The number of aliphatic imine (C=N–C) groups is 1. The molecule has 0 spiro atoms. The SMILES string of the molecule is C=C(Nc1ccc(Cl)c(Cl)c1)/C(C)=C(\N=C(/N)C(F)(F)F)C(=O)N1CCC(N[C@@H]2CCOC[C@@H]2OC)CC1. The molecular formula is C25H32Cl2F3N5O3. The lowest BCUT2D eigenvalue weighted by atomic mass is 9.99. The number of ether oxygens (including phenoxy) is 2. The number of hydrogen-bond acceptors (Lipinski definition) is 6. The molecule has 0 unspecified atom stereocenters. The van der Waals surface area contributed by atoms with Crippen LogP contribution in [-0.2, 0) is 14.3 Å². The average Bonchev–Trinajstić information content (AvgIpc) is 2.88. The summed E-state index contributed by atoms with van der Waals surface area (Å²) < 4.78 is 50.7. The largest absolute Gasteiger partial charge is 0.448 e. The van der Waals surface area contributed by atoms with Gasteiger partial charge >= 0.3 is 6.18 Å². The summed E-state index contributed by atoms with van der Waals surface area (Å²) in [5.41, 5.74) is 5.52. The number of anilines is 1. The van der Waals surface area contributed by atoms with Gasteiger partial charge in [-0.2, -0.15) is 13.2 Å². The van der Waals surface area contributed by atoms with E-state index in [2.05, 4.69) is 22.2 Å². The summed E-state index contributed by atoms with van der Waals surface area (Å²) in [6.07, 6.45) is -2.92. The van der Waals surface area contributed by atoms with E-state index in [1.165, 1.54) is 17.9 Å². The van der Waals surface area contributed by atoms with Crippen molar-refractivity contribution in [2.24, 2.45) is 10.7 Å². The fourth-order valence-electron chi connectivity index (χ4n) is 4.30. The van der Waals surface area contributed by atoms with E-state index in [4.69, 9.17) is 38.4 Å². The third-order valence-electron chi connectivity index (χ3n) is 6.59. The van der Waals surface area contributed by atoms with E-state index in [0.29, 0.717) is 49.9 Å². The number of rotatable bonds is 8. The maximum atomic E-state index is 13.4. The van der Waals surface area contributed by atoms with Crippen LogP contribution in [0.15, 0.2) is 46.7 Å². The van der Waals surface area contributed by atoms with Gasteiger partial charge in [0.2, 0.25) is 5.84 Å². The topological polar surface area (TPSA) is 101 Å². The fraction of sp³-hybridized carbons (Fsp3) is 0.520. The standard InChI is InChI=1S/C25H32Cl2F3N5O3/c1-14(15(2)32-17-4-5-18(26)19(27)12-17)22(34-24(31)25(28,29)30)23(36)35-9-6-16(7-10-35)33-20-8-11-38-13-21(20)37-3/h4-5,12,16,20-21,32-33H,2,6-11,13H2,1,3H3,(H2,31,34)/b22-14-/t20-,21+/m1/s1. The first kappa shape index (κ1) is 30.2. The molecule has 8 nitrogen and oxygen atoms in total. The van der Waals surface area contributed by atoms with Gasteiger partial charge < -0.3 is 30.7 Å². The van der Waals surface area contributed by atoms with Crippen LogP contribution in [0.2, 0.25) is 10.0 Å². The second-order valence-corrected chi connectivity index (χ2v) is 9.99. The first-order chi connectivity index (χ1) is 17.9. The van der Waals surface area contributed by atoms with Gasteiger partial charge in [0.25, 0.3) is 5.91 Å². The summed E-state index contributed by atoms with van der Waals surface area (Å²) in [6.45, 7) is 7.15. The lowest BCUT2D eigenvalue weighted by molar-refractivity contribution is -0.128. The summed E-state index contributed by atoms with van der Waals surface area (Å²) in [4.78, 5) is 18.4. The number of hydrogen-bond donors (Lipinski definition) is 3. The molecule has 4 N–H and O–H groups in total. The smallest absolute Gasteiger partial charge is 0.380 e. The van der Waals surface area contributed by atoms with Crippen LogP contribution in [0.4, 0.5) is 18.9 Å². The molecule has 2 saturated heterocycles. The van der Waals surface area contributed by atoms with Crippen molar-refractivity contribution >= 4 is 40.6 Å². The number of nitrogens with one attached hydrogen (secondary N) is 2. The number of amides is 1. The van der Waals surface area contributed by atoms with Crippen LogP contribution < -0.4 is 16.4 Å². The minimum atomic E-state index is -4.90. The van der Waals surface area contributed by atoms with Gasteiger partial charge in [0.15, 0.2) is 0 Å². The van der Waals surface area contributed by atoms with E-state index in [1.807, 2.05) is 0 Å². The highest BCUT2D eigenvalue weighted by atomic mass is 35.5. The van der Waals surface area contributed by atoms with Crippen LogP contribution in [-0.4, -0.2) is 74.4 Å². The van der Waals surface area contributed by atoms with Crippen LogP contribution in [0, 0.1) is 0 Å². The second-order valence-electron chi connectivity index (χ2n) is 9.18. The van der Waals surface area contributed by atoms with Crippen LogP contribution in [0.1, 0.15) is 26.2 Å². The number of alkyl halides is 3. The van der Waals surface area contributed by atoms with Gasteiger partial charge in [-0.3, -0.25) is 4.79 Å². The van der Waals surface area contributed by atoms with E-state index in [9.17, 15) is 18.0 Å². The Morgan fingerprint density at radius 1 is 1.24 bits per heavy atom. The molecular weight excluding hydrogens is 546 g/mol. The van der Waals surface area contributed by atoms with Gasteiger partial charge in [-0.25, -0.2) is 4.99 Å². The molecule has 2 fully saturated rings. The zero-order chi connectivity index (χ0) is 28.0. The number of piperidine rings is 1. The molecule has 0 aromatic heterocycles. The van der Waals surface area contributed by atoms with E-state index >= 15 is 0 Å². The van der Waals surface area contributed by atoms with E-state index in [-0.39, 0.29) is 34.5 Å². The van der Waals surface area contributed by atoms with Crippen molar-refractivity contribution in [3.8, 4) is 0 Å². The predicted molar refractivity (Wildman–Crippen MR) is 142 cm³/mol. The summed E-state index contributed by atoms with van der Waals surface area (Å²) >= 11 is 12.0. The van der Waals surface area contributed by atoms with Gasteiger partial charge in [0, 0.05) is 55.8 Å². The van der Waals surface area contributed by atoms with Gasteiger partial charge in [0.1, 0.15) is 5.70 Å². The summed E-state index contributed by atoms with van der Waals surface area (Å²) in [6, 6.07) is 4.96. The number of carbonyl (C=O) groups is 1. The quantitative estimate of drug-likeness (QED) is 0.182. The molecule has 0 saturated carbocycles. The van der Waals surface area contributed by atoms with E-state index in [1.54, 1.807) is 19.2 Å². The van der Waals surface area contributed by atoms with Crippen LogP contribution in [0.3, 0.4) is 0 Å². The number of carbonyl (C=O) groups excluding carboxylic acids is 1. The number of amidine groups is 1. The van der Waals surface area contributed by atoms with Crippen LogP contribution in [0.25, 0.3) is 0 Å². The van der Waals surface area contributed by atoms with Crippen LogP contribution >= 0.6 is 23.2 Å². The number of allylic oxidation sites excluding steroid dienone is 1. The van der Waals surface area contributed by atoms with Crippen molar-refractivity contribution in [1.29, 1.82) is 0 Å². The van der Waals surface area contributed by atoms with Gasteiger partial charge in [-0.15, -0.1) is 0 Å². The average molecular weight is 578 g/mol. The Kier molecular flexibility index (Phi) is 10.5.